The topological polar surface area (TPSA) is 49.3 Å². The van der Waals surface area contributed by atoms with Gasteiger partial charge < -0.3 is 10.0 Å². The molecule has 2 heterocycles. The van der Waals surface area contributed by atoms with Gasteiger partial charge in [0.1, 0.15) is 5.69 Å². The highest BCUT2D eigenvalue weighted by Gasteiger charge is 2.40. The van der Waals surface area contributed by atoms with Gasteiger partial charge >= 0.3 is 0 Å². The van der Waals surface area contributed by atoms with Gasteiger partial charge in [-0.05, 0) is 61.6 Å². The summed E-state index contributed by atoms with van der Waals surface area (Å²) in [6.07, 6.45) is 4.64. The van der Waals surface area contributed by atoms with Gasteiger partial charge in [-0.15, -0.1) is 0 Å². The van der Waals surface area contributed by atoms with Gasteiger partial charge in [-0.1, -0.05) is 54.1 Å². The molecule has 1 N–H and O–H groups in total. The van der Waals surface area contributed by atoms with E-state index < -0.39 is 0 Å². The molecule has 31 heavy (non-hydrogen) atoms. The molecule has 5 heteroatoms. The number of aliphatic hydroxyl groups is 1. The SMILES string of the molecule is Cc1cccc(-c2nc(CO)c(N3CCC4(CC3)Cc3ccccc3C4)nc2C)c1Cl. The predicted molar refractivity (Wildman–Crippen MR) is 126 cm³/mol. The van der Waals surface area contributed by atoms with Gasteiger partial charge in [-0.25, -0.2) is 9.97 Å². The van der Waals surface area contributed by atoms with Crippen LogP contribution >= 0.6 is 11.6 Å². The maximum Gasteiger partial charge on any atom is 0.153 e. The summed E-state index contributed by atoms with van der Waals surface area (Å²) < 4.78 is 0. The molecule has 2 aliphatic rings. The van der Waals surface area contributed by atoms with Crippen molar-refractivity contribution in [3.8, 4) is 11.3 Å². The standard InChI is InChI=1S/C26H28ClN3O/c1-17-6-5-9-21(23(17)27)24-18(2)28-25(22(16-31)29-24)30-12-10-26(11-13-30)14-19-7-3-4-8-20(19)15-26/h3-9,31H,10-16H2,1-2H3. The first-order valence-corrected chi connectivity index (χ1v) is 11.4. The van der Waals surface area contributed by atoms with Crippen molar-refractivity contribution < 1.29 is 5.11 Å². The molecule has 160 valence electrons. The second-order valence-corrected chi connectivity index (χ2v) is 9.51. The van der Waals surface area contributed by atoms with Crippen LogP contribution in [-0.2, 0) is 19.4 Å². The monoisotopic (exact) mass is 433 g/mol. The molecule has 1 saturated heterocycles. The highest BCUT2D eigenvalue weighted by molar-refractivity contribution is 6.34. The molecule has 0 bridgehead atoms. The van der Waals surface area contributed by atoms with E-state index in [4.69, 9.17) is 21.6 Å². The van der Waals surface area contributed by atoms with Gasteiger partial charge in [0.05, 0.1) is 23.0 Å². The summed E-state index contributed by atoms with van der Waals surface area (Å²) >= 11 is 6.55. The number of halogens is 1. The minimum Gasteiger partial charge on any atom is -0.390 e. The highest BCUT2D eigenvalue weighted by Crippen LogP contribution is 2.45. The number of fused-ring (bicyclic) bond motifs is 1. The first kappa shape index (κ1) is 20.5. The molecule has 1 aliphatic heterocycles. The predicted octanol–water partition coefficient (Wildman–Crippen LogP) is 5.29. The largest absolute Gasteiger partial charge is 0.390 e. The molecule has 5 rings (SSSR count). The van der Waals surface area contributed by atoms with Crippen molar-refractivity contribution in [3.05, 3.63) is 75.6 Å². The molecule has 3 aromatic rings. The molecule has 2 aromatic carbocycles. The van der Waals surface area contributed by atoms with Crippen molar-refractivity contribution in [2.45, 2.75) is 46.1 Å². The lowest BCUT2D eigenvalue weighted by atomic mass is 9.76. The van der Waals surface area contributed by atoms with E-state index in [1.54, 1.807) is 0 Å². The Morgan fingerprint density at radius 3 is 2.29 bits per heavy atom. The molecule has 1 aliphatic carbocycles. The number of nitrogens with zero attached hydrogens (tertiary/aromatic N) is 3. The zero-order valence-corrected chi connectivity index (χ0v) is 18.9. The normalized spacial score (nSPS) is 17.2. The van der Waals surface area contributed by atoms with Gasteiger partial charge in [-0.2, -0.15) is 0 Å². The molecule has 0 radical (unpaired) electrons. The van der Waals surface area contributed by atoms with E-state index in [2.05, 4.69) is 29.2 Å². The maximum atomic E-state index is 10.1. The lowest BCUT2D eigenvalue weighted by molar-refractivity contribution is 0.231. The summed E-state index contributed by atoms with van der Waals surface area (Å²) in [5, 5.41) is 10.8. The van der Waals surface area contributed by atoms with Gasteiger partial charge in [0.2, 0.25) is 0 Å². The van der Waals surface area contributed by atoms with E-state index in [1.807, 2.05) is 32.0 Å². The van der Waals surface area contributed by atoms with Crippen LogP contribution in [0, 0.1) is 19.3 Å². The summed E-state index contributed by atoms with van der Waals surface area (Å²) in [5.41, 5.74) is 7.50. The average molecular weight is 434 g/mol. The fourth-order valence-electron chi connectivity index (χ4n) is 5.31. The Hall–Kier alpha value is -2.43. The first-order chi connectivity index (χ1) is 15.0. The molecule has 0 unspecified atom stereocenters. The van der Waals surface area contributed by atoms with Gasteiger partial charge in [0.15, 0.2) is 5.82 Å². The van der Waals surface area contributed by atoms with E-state index in [9.17, 15) is 5.11 Å². The summed E-state index contributed by atoms with van der Waals surface area (Å²) in [6, 6.07) is 14.8. The third-order valence-corrected chi connectivity index (χ3v) is 7.59. The van der Waals surface area contributed by atoms with Crippen LogP contribution in [0.15, 0.2) is 42.5 Å². The average Bonchev–Trinajstić information content (AvgIpc) is 3.14. The second kappa shape index (κ2) is 7.92. The number of benzene rings is 2. The molecule has 1 fully saturated rings. The number of anilines is 1. The summed E-state index contributed by atoms with van der Waals surface area (Å²) in [4.78, 5) is 12.0. The smallest absolute Gasteiger partial charge is 0.153 e. The van der Waals surface area contributed by atoms with Crippen molar-refractivity contribution in [3.63, 3.8) is 0 Å². The number of aliphatic hydroxyl groups excluding tert-OH is 1. The van der Waals surface area contributed by atoms with Gasteiger partial charge in [0, 0.05) is 18.7 Å². The Balaban J connectivity index is 1.40. The molecule has 0 atom stereocenters. The van der Waals surface area contributed by atoms with Crippen LogP contribution in [0.5, 0.6) is 0 Å². The first-order valence-electron chi connectivity index (χ1n) is 11.1. The number of aromatic nitrogens is 2. The van der Waals surface area contributed by atoms with E-state index in [1.165, 1.54) is 24.0 Å². The number of piperidine rings is 1. The van der Waals surface area contributed by atoms with Crippen LogP contribution in [0.2, 0.25) is 5.02 Å². The van der Waals surface area contributed by atoms with Crippen molar-refractivity contribution >= 4 is 17.4 Å². The third kappa shape index (κ3) is 3.62. The quantitative estimate of drug-likeness (QED) is 0.609. The Bertz CT molecular complexity index is 1110. The highest BCUT2D eigenvalue weighted by atomic mass is 35.5. The minimum atomic E-state index is -0.133. The Morgan fingerprint density at radius 2 is 1.65 bits per heavy atom. The van der Waals surface area contributed by atoms with Crippen molar-refractivity contribution in [2.75, 3.05) is 18.0 Å². The Kier molecular flexibility index (Phi) is 5.23. The molecular weight excluding hydrogens is 406 g/mol. The van der Waals surface area contributed by atoms with Crippen LogP contribution in [0.4, 0.5) is 5.82 Å². The van der Waals surface area contributed by atoms with Crippen LogP contribution < -0.4 is 4.90 Å². The van der Waals surface area contributed by atoms with E-state index >= 15 is 0 Å². The molecule has 1 aromatic heterocycles. The zero-order valence-electron chi connectivity index (χ0n) is 18.2. The molecular formula is C26H28ClN3O. The van der Waals surface area contributed by atoms with Crippen LogP contribution in [0.1, 0.15) is 40.9 Å². The molecule has 0 amide bonds. The Morgan fingerprint density at radius 1 is 0.968 bits per heavy atom. The summed E-state index contributed by atoms with van der Waals surface area (Å²) in [6.45, 7) is 5.72. The van der Waals surface area contributed by atoms with E-state index in [0.717, 1.165) is 54.3 Å². The van der Waals surface area contributed by atoms with Crippen molar-refractivity contribution in [2.24, 2.45) is 5.41 Å². The lowest BCUT2D eigenvalue weighted by Gasteiger charge is -2.40. The van der Waals surface area contributed by atoms with Gasteiger partial charge in [0.25, 0.3) is 0 Å². The van der Waals surface area contributed by atoms with Gasteiger partial charge in [-0.3, -0.25) is 0 Å². The maximum absolute atomic E-state index is 10.1. The van der Waals surface area contributed by atoms with Crippen LogP contribution in [-0.4, -0.2) is 28.2 Å². The number of aryl methyl sites for hydroxylation is 2. The molecule has 4 nitrogen and oxygen atoms in total. The van der Waals surface area contributed by atoms with E-state index in [-0.39, 0.29) is 6.61 Å². The number of hydrogen-bond acceptors (Lipinski definition) is 4. The number of hydrogen-bond donors (Lipinski definition) is 1. The lowest BCUT2D eigenvalue weighted by Crippen LogP contribution is -2.41. The zero-order chi connectivity index (χ0) is 21.6. The van der Waals surface area contributed by atoms with Crippen LogP contribution in [0.3, 0.4) is 0 Å². The fraction of sp³-hybridized carbons (Fsp3) is 0.385. The third-order valence-electron chi connectivity index (χ3n) is 7.09. The number of rotatable bonds is 3. The Labute approximate surface area is 188 Å². The van der Waals surface area contributed by atoms with E-state index in [0.29, 0.717) is 16.1 Å². The summed E-state index contributed by atoms with van der Waals surface area (Å²) in [5.74, 6) is 0.817. The fourth-order valence-corrected chi connectivity index (χ4v) is 5.52. The minimum absolute atomic E-state index is 0.133. The van der Waals surface area contributed by atoms with Crippen LogP contribution in [0.25, 0.3) is 11.3 Å². The molecule has 1 spiro atoms. The molecule has 0 saturated carbocycles. The van der Waals surface area contributed by atoms with Crippen molar-refractivity contribution in [1.29, 1.82) is 0 Å². The second-order valence-electron chi connectivity index (χ2n) is 9.13. The van der Waals surface area contributed by atoms with Crippen molar-refractivity contribution in [1.82, 2.24) is 9.97 Å². The summed E-state index contributed by atoms with van der Waals surface area (Å²) in [7, 11) is 0.